The number of aliphatic carboxylic acids is 1. The third kappa shape index (κ3) is 4.12. The van der Waals surface area contributed by atoms with Crippen LogP contribution in [0.5, 0.6) is 0 Å². The molecule has 2 aromatic rings. The van der Waals surface area contributed by atoms with Crippen LogP contribution in [0.1, 0.15) is 24.6 Å². The van der Waals surface area contributed by atoms with Crippen LogP contribution in [0.15, 0.2) is 24.3 Å². The third-order valence-electron chi connectivity index (χ3n) is 4.44. The summed E-state index contributed by atoms with van der Waals surface area (Å²) in [4.78, 5) is 20.6. The zero-order valence-corrected chi connectivity index (χ0v) is 14.1. The maximum absolute atomic E-state index is 11.6. The van der Waals surface area contributed by atoms with E-state index in [9.17, 15) is 13.2 Å². The summed E-state index contributed by atoms with van der Waals surface area (Å²) in [6.07, 6.45) is 1.83. The molecular weight excluding hydrogens is 330 g/mol. The van der Waals surface area contributed by atoms with Gasteiger partial charge in [0.2, 0.25) is 0 Å². The Labute approximate surface area is 140 Å². The highest BCUT2D eigenvalue weighted by Crippen LogP contribution is 2.27. The van der Waals surface area contributed by atoms with Crippen molar-refractivity contribution < 1.29 is 18.3 Å². The number of para-hydroxylation sites is 2. The molecule has 0 bridgehead atoms. The largest absolute Gasteiger partial charge is 0.480 e. The summed E-state index contributed by atoms with van der Waals surface area (Å²) in [5, 5.41) is 8.60. The van der Waals surface area contributed by atoms with Crippen LogP contribution in [-0.4, -0.2) is 65.5 Å². The molecule has 1 fully saturated rings. The highest BCUT2D eigenvalue weighted by Gasteiger charge is 2.24. The molecule has 0 aliphatic carbocycles. The second kappa shape index (κ2) is 6.90. The number of nitrogens with one attached hydrogen (secondary N) is 1. The number of nitrogens with zero attached hydrogens (tertiary/aromatic N) is 2. The highest BCUT2D eigenvalue weighted by atomic mass is 32.2. The van der Waals surface area contributed by atoms with Crippen LogP contribution in [0, 0.1) is 0 Å². The zero-order valence-electron chi connectivity index (χ0n) is 13.3. The number of H-pyrrole nitrogens is 1. The number of benzene rings is 1. The van der Waals surface area contributed by atoms with Gasteiger partial charge in [0, 0.05) is 12.5 Å². The molecule has 0 spiro atoms. The van der Waals surface area contributed by atoms with E-state index in [-0.39, 0.29) is 5.75 Å². The number of likely N-dealkylation sites (tertiary alicyclic amines) is 1. The number of hydrogen-bond acceptors (Lipinski definition) is 5. The van der Waals surface area contributed by atoms with E-state index in [0.717, 1.165) is 42.8 Å². The number of hydrogen-bond donors (Lipinski definition) is 2. The molecule has 1 saturated heterocycles. The molecule has 0 atom stereocenters. The number of carboxylic acids is 1. The summed E-state index contributed by atoms with van der Waals surface area (Å²) in [6.45, 7) is 1.98. The molecule has 1 aromatic heterocycles. The van der Waals surface area contributed by atoms with E-state index < -0.39 is 21.6 Å². The van der Waals surface area contributed by atoms with Gasteiger partial charge < -0.3 is 15.0 Å². The lowest BCUT2D eigenvalue weighted by Crippen LogP contribution is -2.37. The number of carboxylic acid groups (broad SMARTS) is 1. The Balaban J connectivity index is 1.53. The number of rotatable bonds is 6. The van der Waals surface area contributed by atoms with Crippen molar-refractivity contribution >= 4 is 26.8 Å². The van der Waals surface area contributed by atoms with Gasteiger partial charge in [-0.2, -0.15) is 0 Å². The number of carbonyl (C=O) groups is 1. The van der Waals surface area contributed by atoms with Crippen molar-refractivity contribution in [3.05, 3.63) is 30.1 Å². The van der Waals surface area contributed by atoms with Gasteiger partial charge in [-0.05, 0) is 38.1 Å². The monoisotopic (exact) mass is 351 g/mol. The number of piperidine rings is 1. The first-order chi connectivity index (χ1) is 11.4. The van der Waals surface area contributed by atoms with E-state index >= 15 is 0 Å². The lowest BCUT2D eigenvalue weighted by atomic mass is 9.96. The quantitative estimate of drug-likeness (QED) is 0.812. The molecule has 0 amide bonds. The fourth-order valence-corrected chi connectivity index (χ4v) is 4.18. The molecule has 0 radical (unpaired) electrons. The van der Waals surface area contributed by atoms with Crippen LogP contribution in [0.3, 0.4) is 0 Å². The minimum absolute atomic E-state index is 0.103. The van der Waals surface area contributed by atoms with Gasteiger partial charge in [0.1, 0.15) is 11.6 Å². The maximum Gasteiger partial charge on any atom is 0.318 e. The average Bonchev–Trinajstić information content (AvgIpc) is 2.96. The Hall–Kier alpha value is -1.93. The fraction of sp³-hybridized carbons (Fsp3) is 0.500. The fourth-order valence-electron chi connectivity index (χ4n) is 3.12. The summed E-state index contributed by atoms with van der Waals surface area (Å²) in [5.74, 6) is -0.839. The SMILES string of the molecule is O=C(O)CS(=O)(=O)CCN1CCC(c2nc3ccccc3[nH]2)CC1. The van der Waals surface area contributed by atoms with E-state index in [2.05, 4.69) is 14.9 Å². The molecule has 130 valence electrons. The molecule has 2 N–H and O–H groups in total. The van der Waals surface area contributed by atoms with E-state index in [1.165, 1.54) is 0 Å². The van der Waals surface area contributed by atoms with Gasteiger partial charge in [-0.15, -0.1) is 0 Å². The van der Waals surface area contributed by atoms with Crippen molar-refractivity contribution in [3.8, 4) is 0 Å². The summed E-state index contributed by atoms with van der Waals surface area (Å²) in [7, 11) is -3.52. The molecule has 2 heterocycles. The Bertz CT molecular complexity index is 790. The third-order valence-corrected chi connectivity index (χ3v) is 5.94. The van der Waals surface area contributed by atoms with Gasteiger partial charge in [0.25, 0.3) is 0 Å². The van der Waals surface area contributed by atoms with Crippen LogP contribution in [-0.2, 0) is 14.6 Å². The summed E-state index contributed by atoms with van der Waals surface area (Å²) in [6, 6.07) is 7.93. The molecule has 0 saturated carbocycles. The number of imidazole rings is 1. The van der Waals surface area contributed by atoms with E-state index in [1.807, 2.05) is 24.3 Å². The van der Waals surface area contributed by atoms with E-state index in [0.29, 0.717) is 12.5 Å². The van der Waals surface area contributed by atoms with E-state index in [1.54, 1.807) is 0 Å². The summed E-state index contributed by atoms with van der Waals surface area (Å²) < 4.78 is 23.3. The summed E-state index contributed by atoms with van der Waals surface area (Å²) in [5.41, 5.74) is 2.00. The Morgan fingerprint density at radius 1 is 1.29 bits per heavy atom. The Morgan fingerprint density at radius 3 is 2.67 bits per heavy atom. The van der Waals surface area contributed by atoms with Crippen molar-refractivity contribution in [1.29, 1.82) is 0 Å². The molecule has 0 unspecified atom stereocenters. The van der Waals surface area contributed by atoms with Gasteiger partial charge in [0.05, 0.1) is 16.8 Å². The van der Waals surface area contributed by atoms with Crippen LogP contribution < -0.4 is 0 Å². The van der Waals surface area contributed by atoms with Crippen LogP contribution in [0.25, 0.3) is 11.0 Å². The maximum atomic E-state index is 11.6. The average molecular weight is 351 g/mol. The van der Waals surface area contributed by atoms with Crippen LogP contribution in [0.4, 0.5) is 0 Å². The number of sulfone groups is 1. The smallest absolute Gasteiger partial charge is 0.318 e. The van der Waals surface area contributed by atoms with Crippen molar-refractivity contribution in [1.82, 2.24) is 14.9 Å². The minimum Gasteiger partial charge on any atom is -0.480 e. The van der Waals surface area contributed by atoms with Crippen molar-refractivity contribution in [3.63, 3.8) is 0 Å². The molecular formula is C16H21N3O4S. The predicted molar refractivity (Wildman–Crippen MR) is 90.8 cm³/mol. The molecule has 1 aromatic carbocycles. The van der Waals surface area contributed by atoms with Crippen molar-refractivity contribution in [2.45, 2.75) is 18.8 Å². The highest BCUT2D eigenvalue weighted by molar-refractivity contribution is 7.92. The van der Waals surface area contributed by atoms with Gasteiger partial charge in [-0.1, -0.05) is 12.1 Å². The topological polar surface area (TPSA) is 103 Å². The van der Waals surface area contributed by atoms with Gasteiger partial charge >= 0.3 is 5.97 Å². The van der Waals surface area contributed by atoms with Crippen molar-refractivity contribution in [2.75, 3.05) is 31.1 Å². The van der Waals surface area contributed by atoms with Gasteiger partial charge in [-0.25, -0.2) is 13.4 Å². The number of aromatic amines is 1. The zero-order chi connectivity index (χ0) is 17.2. The number of fused-ring (bicyclic) bond motifs is 1. The molecule has 3 rings (SSSR count). The minimum atomic E-state index is -3.52. The first-order valence-electron chi connectivity index (χ1n) is 8.02. The first-order valence-corrected chi connectivity index (χ1v) is 9.84. The molecule has 8 heteroatoms. The second-order valence-corrected chi connectivity index (χ2v) is 8.42. The molecule has 1 aliphatic rings. The second-order valence-electron chi connectivity index (χ2n) is 6.24. The number of aromatic nitrogens is 2. The van der Waals surface area contributed by atoms with Gasteiger partial charge in [0.15, 0.2) is 9.84 Å². The van der Waals surface area contributed by atoms with Crippen LogP contribution in [0.2, 0.25) is 0 Å². The lowest BCUT2D eigenvalue weighted by Gasteiger charge is -2.30. The van der Waals surface area contributed by atoms with Crippen molar-refractivity contribution in [2.24, 2.45) is 0 Å². The van der Waals surface area contributed by atoms with Crippen LogP contribution >= 0.6 is 0 Å². The standard InChI is InChI=1S/C16H21N3O4S/c20-15(21)11-24(22,23)10-9-19-7-5-12(6-8-19)16-17-13-3-1-2-4-14(13)18-16/h1-4,12H,5-11H2,(H,17,18)(H,20,21). The normalized spacial score (nSPS) is 17.3. The lowest BCUT2D eigenvalue weighted by molar-refractivity contribution is -0.134. The molecule has 7 nitrogen and oxygen atoms in total. The Morgan fingerprint density at radius 2 is 2.00 bits per heavy atom. The van der Waals surface area contributed by atoms with Gasteiger partial charge in [-0.3, -0.25) is 4.79 Å². The Kier molecular flexibility index (Phi) is 4.86. The molecule has 24 heavy (non-hydrogen) atoms. The summed E-state index contributed by atoms with van der Waals surface area (Å²) >= 11 is 0. The predicted octanol–water partition coefficient (Wildman–Crippen LogP) is 1.24. The first kappa shape index (κ1) is 16.9. The molecule has 1 aliphatic heterocycles. The van der Waals surface area contributed by atoms with E-state index in [4.69, 9.17) is 5.11 Å².